The van der Waals surface area contributed by atoms with E-state index in [0.29, 0.717) is 11.3 Å². The molecule has 0 saturated carbocycles. The van der Waals surface area contributed by atoms with Gasteiger partial charge in [-0.1, -0.05) is 6.07 Å². The Balaban J connectivity index is 3.17. The lowest BCUT2D eigenvalue weighted by atomic mass is 10.2. The summed E-state index contributed by atoms with van der Waals surface area (Å²) in [6.07, 6.45) is 0. The highest BCUT2D eigenvalue weighted by Gasteiger charge is 2.02. The lowest BCUT2D eigenvalue weighted by Crippen LogP contribution is -1.68. The van der Waals surface area contributed by atoms with Crippen LogP contribution in [-0.4, -0.2) is 0 Å². The molecule has 1 aromatic carbocycles. The Labute approximate surface area is 58.1 Å². The maximum atomic E-state index is 8.38. The standard InChI is InChI=1S/C7H4N3/c8-5-6-2-1-3-7(4-6)10-9/h1-4H/q+1. The molecule has 0 aliphatic heterocycles. The molecule has 1 aromatic rings. The fourth-order valence-corrected chi connectivity index (χ4v) is 0.638. The molecule has 0 aliphatic rings. The predicted octanol–water partition coefficient (Wildman–Crippen LogP) is 2.04. The van der Waals surface area contributed by atoms with Crippen LogP contribution in [0.1, 0.15) is 5.56 Å². The summed E-state index contributed by atoms with van der Waals surface area (Å²) < 4.78 is 0. The number of rotatable bonds is 0. The van der Waals surface area contributed by atoms with Gasteiger partial charge in [-0.3, -0.25) is 0 Å². The van der Waals surface area contributed by atoms with Gasteiger partial charge in [0, 0.05) is 6.07 Å². The van der Waals surface area contributed by atoms with E-state index in [2.05, 4.69) is 4.98 Å². The minimum Gasteiger partial charge on any atom is -0.192 e. The number of hydrogen-bond donors (Lipinski definition) is 0. The molecule has 0 radical (unpaired) electrons. The maximum absolute atomic E-state index is 8.38. The van der Waals surface area contributed by atoms with Crippen LogP contribution in [0.5, 0.6) is 0 Å². The normalized spacial score (nSPS) is 7.80. The summed E-state index contributed by atoms with van der Waals surface area (Å²) in [6, 6.07) is 8.35. The van der Waals surface area contributed by atoms with Crippen molar-refractivity contribution >= 4 is 5.69 Å². The van der Waals surface area contributed by atoms with Crippen LogP contribution in [0.15, 0.2) is 24.3 Å². The molecule has 46 valence electrons. The van der Waals surface area contributed by atoms with E-state index in [0.717, 1.165) is 0 Å². The third-order valence-corrected chi connectivity index (χ3v) is 1.09. The van der Waals surface area contributed by atoms with Crippen molar-refractivity contribution in [2.45, 2.75) is 0 Å². The Hall–Kier alpha value is -1.87. The molecule has 3 heteroatoms. The van der Waals surface area contributed by atoms with Crippen molar-refractivity contribution in [2.75, 3.05) is 0 Å². The SMILES string of the molecule is N#Cc1cccc([N+]#N)c1. The van der Waals surface area contributed by atoms with Gasteiger partial charge in [0.05, 0.1) is 17.7 Å². The zero-order chi connectivity index (χ0) is 7.40. The molecule has 0 atom stereocenters. The molecule has 0 amide bonds. The van der Waals surface area contributed by atoms with Crippen LogP contribution in [0.4, 0.5) is 5.69 Å². The molecular weight excluding hydrogens is 126 g/mol. The number of nitriles is 1. The molecule has 0 N–H and O–H groups in total. The first-order valence-corrected chi connectivity index (χ1v) is 2.72. The molecule has 1 rings (SSSR count). The maximum Gasteiger partial charge on any atom is 0.386 e. The van der Waals surface area contributed by atoms with Gasteiger partial charge >= 0.3 is 5.69 Å². The van der Waals surface area contributed by atoms with E-state index < -0.39 is 0 Å². The van der Waals surface area contributed by atoms with Crippen LogP contribution < -0.4 is 0 Å². The van der Waals surface area contributed by atoms with E-state index >= 15 is 0 Å². The van der Waals surface area contributed by atoms with E-state index in [1.807, 2.05) is 6.07 Å². The van der Waals surface area contributed by atoms with Crippen molar-refractivity contribution in [3.05, 3.63) is 34.8 Å². The molecule has 0 fully saturated rings. The van der Waals surface area contributed by atoms with Crippen LogP contribution in [0.25, 0.3) is 4.98 Å². The van der Waals surface area contributed by atoms with Crippen molar-refractivity contribution in [2.24, 2.45) is 0 Å². The van der Waals surface area contributed by atoms with Gasteiger partial charge in [-0.15, -0.1) is 0 Å². The molecule has 3 nitrogen and oxygen atoms in total. The zero-order valence-corrected chi connectivity index (χ0v) is 5.15. The Bertz CT molecular complexity index is 287. The molecule has 10 heavy (non-hydrogen) atoms. The Morgan fingerprint density at radius 3 is 2.80 bits per heavy atom. The van der Waals surface area contributed by atoms with Gasteiger partial charge in [-0.05, 0) is 6.07 Å². The number of diazo groups is 1. The number of nitrogens with zero attached hydrogens (tertiary/aromatic N) is 3. The predicted molar refractivity (Wildman–Crippen MR) is 35.9 cm³/mol. The zero-order valence-electron chi connectivity index (χ0n) is 5.15. The van der Waals surface area contributed by atoms with Crippen LogP contribution in [0.2, 0.25) is 0 Å². The topological polar surface area (TPSA) is 51.9 Å². The van der Waals surface area contributed by atoms with Crippen molar-refractivity contribution in [1.29, 1.82) is 10.7 Å². The van der Waals surface area contributed by atoms with Crippen LogP contribution in [-0.2, 0) is 0 Å². The molecule has 0 saturated heterocycles. The van der Waals surface area contributed by atoms with E-state index in [9.17, 15) is 0 Å². The summed E-state index contributed by atoms with van der Waals surface area (Å²) in [7, 11) is 0. The Morgan fingerprint density at radius 2 is 2.20 bits per heavy atom. The highest BCUT2D eigenvalue weighted by atomic mass is 14.8. The fraction of sp³-hybridized carbons (Fsp3) is 0. The quantitative estimate of drug-likeness (QED) is 0.504. The van der Waals surface area contributed by atoms with Crippen molar-refractivity contribution in [3.8, 4) is 6.07 Å². The average Bonchev–Trinajstić information content (AvgIpc) is 2.05. The summed E-state index contributed by atoms with van der Waals surface area (Å²) in [5, 5.41) is 16.7. The Kier molecular flexibility index (Phi) is 1.63. The minimum absolute atomic E-state index is 0.402. The fourth-order valence-electron chi connectivity index (χ4n) is 0.638. The molecule has 0 aliphatic carbocycles. The van der Waals surface area contributed by atoms with Crippen LogP contribution >= 0.6 is 0 Å². The first kappa shape index (κ1) is 6.25. The Morgan fingerprint density at radius 1 is 1.40 bits per heavy atom. The molecule has 0 aromatic heterocycles. The molecule has 0 unspecified atom stereocenters. The average molecular weight is 130 g/mol. The molecule has 0 heterocycles. The summed E-state index contributed by atoms with van der Waals surface area (Å²) in [5.74, 6) is 0. The second-order valence-electron chi connectivity index (χ2n) is 1.76. The second kappa shape index (κ2) is 2.61. The number of hydrogen-bond acceptors (Lipinski definition) is 2. The van der Waals surface area contributed by atoms with E-state index in [4.69, 9.17) is 10.7 Å². The molecular formula is C7H4N3+. The number of benzene rings is 1. The van der Waals surface area contributed by atoms with Crippen LogP contribution in [0, 0.1) is 16.7 Å². The first-order valence-electron chi connectivity index (χ1n) is 2.72. The van der Waals surface area contributed by atoms with E-state index in [1.165, 1.54) is 6.07 Å². The van der Waals surface area contributed by atoms with Gasteiger partial charge in [-0.25, -0.2) is 0 Å². The first-order chi connectivity index (χ1) is 4.86. The van der Waals surface area contributed by atoms with E-state index in [-0.39, 0.29) is 0 Å². The highest BCUT2D eigenvalue weighted by molar-refractivity contribution is 5.49. The van der Waals surface area contributed by atoms with Crippen molar-refractivity contribution in [1.82, 2.24) is 0 Å². The van der Waals surface area contributed by atoms with Gasteiger partial charge in [0.15, 0.2) is 4.98 Å². The third-order valence-electron chi connectivity index (χ3n) is 1.09. The monoisotopic (exact) mass is 130 g/mol. The molecule has 0 spiro atoms. The molecule has 0 bridgehead atoms. The van der Waals surface area contributed by atoms with Gasteiger partial charge < -0.3 is 0 Å². The van der Waals surface area contributed by atoms with Crippen molar-refractivity contribution < 1.29 is 0 Å². The van der Waals surface area contributed by atoms with Gasteiger partial charge in [0.2, 0.25) is 5.39 Å². The van der Waals surface area contributed by atoms with Gasteiger partial charge in [0.1, 0.15) is 0 Å². The van der Waals surface area contributed by atoms with Crippen LogP contribution in [0.3, 0.4) is 0 Å². The third kappa shape index (κ3) is 1.10. The minimum atomic E-state index is 0.402. The summed E-state index contributed by atoms with van der Waals surface area (Å²) in [5.41, 5.74) is 0.898. The lowest BCUT2D eigenvalue weighted by molar-refractivity contribution is 1.45. The summed E-state index contributed by atoms with van der Waals surface area (Å²) in [6.45, 7) is 0. The largest absolute Gasteiger partial charge is 0.386 e. The highest BCUT2D eigenvalue weighted by Crippen LogP contribution is 2.12. The smallest absolute Gasteiger partial charge is 0.192 e. The second-order valence-corrected chi connectivity index (χ2v) is 1.76. The van der Waals surface area contributed by atoms with E-state index in [1.54, 1.807) is 18.2 Å². The van der Waals surface area contributed by atoms with Gasteiger partial charge in [0.25, 0.3) is 0 Å². The van der Waals surface area contributed by atoms with Crippen molar-refractivity contribution in [3.63, 3.8) is 0 Å². The van der Waals surface area contributed by atoms with Gasteiger partial charge in [-0.2, -0.15) is 5.26 Å². The lowest BCUT2D eigenvalue weighted by Gasteiger charge is -1.78. The summed E-state index contributed by atoms with van der Waals surface area (Å²) >= 11 is 0. The summed E-state index contributed by atoms with van der Waals surface area (Å²) in [4.78, 5) is 2.93.